The highest BCUT2D eigenvalue weighted by Gasteiger charge is 2.53. The molecule has 9 heteroatoms. The normalized spacial score (nSPS) is 25.1. The number of nitrogens with one attached hydrogen (secondary N) is 1. The van der Waals surface area contributed by atoms with Crippen molar-refractivity contribution in [2.75, 3.05) is 6.54 Å². The summed E-state index contributed by atoms with van der Waals surface area (Å²) in [7, 11) is 0. The molecule has 2 aliphatic carbocycles. The molecule has 228 valence electrons. The fourth-order valence-electron chi connectivity index (χ4n) is 6.52. The second kappa shape index (κ2) is 12.9. The molecule has 2 amide bonds. The van der Waals surface area contributed by atoms with Crippen LogP contribution in [0.1, 0.15) is 107 Å². The minimum Gasteiger partial charge on any atom is -0.481 e. The molecule has 1 spiro atoms. The molecule has 1 fully saturated rings. The number of aliphatic carboxylic acids is 1. The Balaban J connectivity index is 1.69. The number of carbonyl (C=O) groups is 3. The van der Waals surface area contributed by atoms with Crippen molar-refractivity contribution in [3.63, 3.8) is 0 Å². The zero-order valence-electron chi connectivity index (χ0n) is 25.1. The lowest BCUT2D eigenvalue weighted by Gasteiger charge is -2.47. The van der Waals surface area contributed by atoms with Crippen LogP contribution in [0.3, 0.4) is 0 Å². The molecule has 7 nitrogen and oxygen atoms in total. The number of hydrogen-bond acceptors (Lipinski definition) is 4. The van der Waals surface area contributed by atoms with Crippen molar-refractivity contribution >= 4 is 23.5 Å². The zero-order valence-corrected chi connectivity index (χ0v) is 25.1. The van der Waals surface area contributed by atoms with E-state index in [-0.39, 0.29) is 48.4 Å². The van der Waals surface area contributed by atoms with Gasteiger partial charge < -0.3 is 15.3 Å². The second-order valence-corrected chi connectivity index (χ2v) is 12.9. The molecule has 42 heavy (non-hydrogen) atoms. The van der Waals surface area contributed by atoms with Gasteiger partial charge in [-0.15, -0.1) is 0 Å². The van der Waals surface area contributed by atoms with Gasteiger partial charge >= 0.3 is 5.97 Å². The van der Waals surface area contributed by atoms with Crippen LogP contribution in [0.2, 0.25) is 0 Å². The summed E-state index contributed by atoms with van der Waals surface area (Å²) in [4.78, 5) is 44.5. The van der Waals surface area contributed by atoms with Gasteiger partial charge in [-0.05, 0) is 78.9 Å². The Morgan fingerprint density at radius 2 is 1.86 bits per heavy atom. The summed E-state index contributed by atoms with van der Waals surface area (Å²) in [6.45, 7) is 8.81. The molecule has 1 aromatic carbocycles. The van der Waals surface area contributed by atoms with Crippen LogP contribution < -0.4 is 5.32 Å². The molecule has 2 atom stereocenters. The first kappa shape index (κ1) is 31.6. The van der Waals surface area contributed by atoms with E-state index in [1.54, 1.807) is 12.1 Å². The van der Waals surface area contributed by atoms with Gasteiger partial charge in [0.15, 0.2) is 0 Å². The SMILES string of the molecule is CCCCC(c1ccc(C(=O)NCCC(=O)O)cc1)N1C(=O)C(C2=CC(F)=CC(F)C2)=NC12CCC(C(C)(C)C)CC2. The van der Waals surface area contributed by atoms with Crippen molar-refractivity contribution in [1.82, 2.24) is 10.2 Å². The number of amides is 2. The highest BCUT2D eigenvalue weighted by atomic mass is 19.1. The van der Waals surface area contributed by atoms with Crippen LogP contribution in [0.25, 0.3) is 0 Å². The van der Waals surface area contributed by atoms with Gasteiger partial charge in [0.1, 0.15) is 23.4 Å². The molecule has 0 bridgehead atoms. The number of alkyl halides is 1. The standard InChI is InChI=1S/C33H43F2N3O4/c1-5-6-7-27(21-8-10-22(11-9-21)30(41)36-17-14-28(39)40)38-31(42)29(23-18-25(34)20-26(35)19-23)37-33(38)15-12-24(13-16-33)32(2,3)4/h8-11,18,20,24,26-27H,5-7,12-17,19H2,1-4H3,(H,36,41)(H,39,40). The number of halogens is 2. The molecule has 2 unspecified atom stereocenters. The first-order valence-electron chi connectivity index (χ1n) is 15.1. The summed E-state index contributed by atoms with van der Waals surface area (Å²) in [5.74, 6) is -1.88. The lowest BCUT2D eigenvalue weighted by Crippen LogP contribution is -2.51. The maximum atomic E-state index is 14.4. The fraction of sp³-hybridized carbons (Fsp3) is 0.576. The second-order valence-electron chi connectivity index (χ2n) is 12.9. The number of carboxylic acids is 1. The number of nitrogens with zero attached hydrogens (tertiary/aromatic N) is 2. The van der Waals surface area contributed by atoms with Crippen LogP contribution in [-0.2, 0) is 9.59 Å². The fourth-order valence-corrected chi connectivity index (χ4v) is 6.52. The summed E-state index contributed by atoms with van der Waals surface area (Å²) in [6, 6.07) is 6.72. The number of carbonyl (C=O) groups excluding carboxylic acids is 2. The molecular formula is C33H43F2N3O4. The van der Waals surface area contributed by atoms with Crippen LogP contribution in [0.15, 0.2) is 52.8 Å². The van der Waals surface area contributed by atoms with Crippen molar-refractivity contribution < 1.29 is 28.3 Å². The van der Waals surface area contributed by atoms with Gasteiger partial charge in [-0.1, -0.05) is 52.7 Å². The third-order valence-corrected chi connectivity index (χ3v) is 8.90. The molecule has 0 saturated heterocycles. The lowest BCUT2D eigenvalue weighted by molar-refractivity contribution is -0.137. The van der Waals surface area contributed by atoms with E-state index in [2.05, 4.69) is 33.0 Å². The predicted molar refractivity (Wildman–Crippen MR) is 159 cm³/mol. The van der Waals surface area contributed by atoms with Crippen molar-refractivity contribution in [1.29, 1.82) is 0 Å². The number of aliphatic imine (C=N–C) groups is 1. The number of benzene rings is 1. The van der Waals surface area contributed by atoms with Crippen molar-refractivity contribution in [3.8, 4) is 0 Å². The Kier molecular flexibility index (Phi) is 9.68. The monoisotopic (exact) mass is 583 g/mol. The molecule has 1 saturated carbocycles. The number of hydrogen-bond donors (Lipinski definition) is 2. The Hall–Kier alpha value is -3.36. The number of unbranched alkanes of at least 4 members (excludes halogenated alkanes) is 1. The third-order valence-electron chi connectivity index (χ3n) is 8.90. The van der Waals surface area contributed by atoms with Gasteiger partial charge in [-0.25, -0.2) is 8.78 Å². The van der Waals surface area contributed by atoms with Crippen LogP contribution in [0.4, 0.5) is 8.78 Å². The molecule has 0 aromatic heterocycles. The van der Waals surface area contributed by atoms with E-state index >= 15 is 0 Å². The van der Waals surface area contributed by atoms with E-state index in [9.17, 15) is 23.2 Å². The van der Waals surface area contributed by atoms with E-state index in [0.29, 0.717) is 36.3 Å². The Morgan fingerprint density at radius 1 is 1.19 bits per heavy atom. The van der Waals surface area contributed by atoms with E-state index in [0.717, 1.165) is 37.3 Å². The molecule has 1 aromatic rings. The zero-order chi connectivity index (χ0) is 30.7. The van der Waals surface area contributed by atoms with Gasteiger partial charge in [0.2, 0.25) is 0 Å². The first-order chi connectivity index (χ1) is 19.8. The van der Waals surface area contributed by atoms with E-state index < -0.39 is 23.6 Å². The Bertz CT molecular complexity index is 1270. The van der Waals surface area contributed by atoms with E-state index in [1.807, 2.05) is 17.0 Å². The smallest absolute Gasteiger partial charge is 0.305 e. The topological polar surface area (TPSA) is 99.1 Å². The summed E-state index contributed by atoms with van der Waals surface area (Å²) < 4.78 is 28.7. The van der Waals surface area contributed by atoms with Gasteiger partial charge in [-0.2, -0.15) is 0 Å². The van der Waals surface area contributed by atoms with Crippen molar-refractivity contribution in [2.45, 2.75) is 103 Å². The highest BCUT2D eigenvalue weighted by Crippen LogP contribution is 2.50. The predicted octanol–water partition coefficient (Wildman–Crippen LogP) is 6.86. The summed E-state index contributed by atoms with van der Waals surface area (Å²) >= 11 is 0. The summed E-state index contributed by atoms with van der Waals surface area (Å²) in [5.41, 5.74) is 1.03. The summed E-state index contributed by atoms with van der Waals surface area (Å²) in [5, 5.41) is 11.5. The van der Waals surface area contributed by atoms with Gasteiger partial charge in [0.25, 0.3) is 11.8 Å². The Labute approximate surface area is 247 Å². The van der Waals surface area contributed by atoms with Crippen LogP contribution in [0, 0.1) is 11.3 Å². The molecule has 1 aliphatic heterocycles. The molecule has 0 radical (unpaired) electrons. The Morgan fingerprint density at radius 3 is 2.43 bits per heavy atom. The molecule has 3 aliphatic rings. The quantitative estimate of drug-likeness (QED) is 0.314. The van der Waals surface area contributed by atoms with E-state index in [1.165, 1.54) is 6.08 Å². The highest BCUT2D eigenvalue weighted by molar-refractivity contribution is 6.47. The van der Waals surface area contributed by atoms with Gasteiger partial charge in [-0.3, -0.25) is 19.4 Å². The molecular weight excluding hydrogens is 540 g/mol. The van der Waals surface area contributed by atoms with Gasteiger partial charge in [0, 0.05) is 18.5 Å². The molecule has 4 rings (SSSR count). The average Bonchev–Trinajstić information content (AvgIpc) is 3.19. The maximum Gasteiger partial charge on any atom is 0.305 e. The van der Waals surface area contributed by atoms with Crippen LogP contribution in [0.5, 0.6) is 0 Å². The first-order valence-corrected chi connectivity index (χ1v) is 15.1. The minimum atomic E-state index is -1.51. The molecule has 2 N–H and O–H groups in total. The number of carboxylic acid groups (broad SMARTS) is 1. The number of allylic oxidation sites excluding steroid dienone is 3. The number of rotatable bonds is 10. The van der Waals surface area contributed by atoms with Crippen molar-refractivity contribution in [3.05, 3.63) is 58.9 Å². The van der Waals surface area contributed by atoms with Crippen LogP contribution >= 0.6 is 0 Å². The maximum absolute atomic E-state index is 14.4. The third kappa shape index (κ3) is 6.98. The molecule has 1 heterocycles. The summed E-state index contributed by atoms with van der Waals surface area (Å²) in [6.07, 6.45) is 5.97. The minimum absolute atomic E-state index is 0.0287. The van der Waals surface area contributed by atoms with Crippen LogP contribution in [-0.4, -0.2) is 51.9 Å². The van der Waals surface area contributed by atoms with Gasteiger partial charge in [0.05, 0.1) is 12.5 Å². The average molecular weight is 584 g/mol. The lowest BCUT2D eigenvalue weighted by atomic mass is 9.69. The van der Waals surface area contributed by atoms with E-state index in [4.69, 9.17) is 10.1 Å². The van der Waals surface area contributed by atoms with Crippen molar-refractivity contribution in [2.24, 2.45) is 16.3 Å². The largest absolute Gasteiger partial charge is 0.481 e.